The predicted octanol–water partition coefficient (Wildman–Crippen LogP) is 11.3. The lowest BCUT2D eigenvalue weighted by atomic mass is 9.92. The summed E-state index contributed by atoms with van der Waals surface area (Å²) in [5.74, 6) is 0.590. The number of allylic oxidation sites excluding steroid dienone is 13. The number of esters is 1. The largest absolute Gasteiger partial charge is 0.423 e. The van der Waals surface area contributed by atoms with E-state index in [1.165, 1.54) is 39.2 Å². The maximum atomic E-state index is 12.7. The zero-order valence-electron chi connectivity index (χ0n) is 23.5. The Morgan fingerprint density at radius 2 is 1.45 bits per heavy atom. The van der Waals surface area contributed by atoms with Gasteiger partial charge in [0.15, 0.2) is 0 Å². The topological polar surface area (TPSA) is 41.9 Å². The molecule has 0 aromatic heterocycles. The van der Waals surface area contributed by atoms with E-state index in [0.29, 0.717) is 23.7 Å². The average Bonchev–Trinajstić information content (AvgIpc) is 3.47. The van der Waals surface area contributed by atoms with E-state index in [4.69, 9.17) is 9.73 Å². The van der Waals surface area contributed by atoms with Crippen LogP contribution in [0, 0.1) is 33.6 Å². The van der Waals surface area contributed by atoms with Crippen molar-refractivity contribution in [2.24, 2.45) is 10.9 Å². The van der Waals surface area contributed by atoms with Crippen molar-refractivity contribution in [2.45, 2.75) is 98.9 Å². The van der Waals surface area contributed by atoms with Gasteiger partial charge in [0.1, 0.15) is 5.76 Å². The van der Waals surface area contributed by atoms with Gasteiger partial charge in [-0.15, -0.1) is 0 Å². The van der Waals surface area contributed by atoms with Crippen LogP contribution in [0.25, 0.3) is 0 Å². The number of hydrogen-bond donors (Lipinski definition) is 0. The lowest BCUT2D eigenvalue weighted by molar-refractivity contribution is -0.132. The van der Waals surface area contributed by atoms with E-state index in [9.17, 15) is 4.79 Å². The molecule has 1 atom stereocenters. The molecule has 0 saturated carbocycles. The minimum atomic E-state index is -0.317. The first kappa shape index (κ1) is 42.2. The van der Waals surface area contributed by atoms with E-state index in [1.807, 2.05) is 31.2 Å². The summed E-state index contributed by atoms with van der Waals surface area (Å²) < 4.78 is 5.60. The van der Waals surface area contributed by atoms with Crippen LogP contribution in [-0.2, 0) is 16.0 Å². The lowest BCUT2D eigenvalue weighted by Crippen LogP contribution is -2.12. The Labute approximate surface area is 270 Å². The minimum Gasteiger partial charge on any atom is -0.423 e. The summed E-state index contributed by atoms with van der Waals surface area (Å²) in [5.41, 5.74) is 14.0. The monoisotopic (exact) mass is 600 g/mol. The third kappa shape index (κ3) is 7.59. The van der Waals surface area contributed by atoms with Gasteiger partial charge in [0, 0.05) is 36.8 Å². The van der Waals surface area contributed by atoms with E-state index >= 15 is 0 Å². The summed E-state index contributed by atoms with van der Waals surface area (Å²) in [5, 5.41) is 0. The van der Waals surface area contributed by atoms with Crippen LogP contribution in [0.4, 0.5) is 5.69 Å². The molecule has 44 heavy (non-hydrogen) atoms. The second kappa shape index (κ2) is 16.8. The van der Waals surface area contributed by atoms with Crippen LogP contribution in [0.2, 0.25) is 0 Å². The Morgan fingerprint density at radius 1 is 0.841 bits per heavy atom. The molecule has 0 radical (unpaired) electrons. The van der Waals surface area contributed by atoms with Crippen LogP contribution in [0.1, 0.15) is 92.6 Å². The molecule has 3 aliphatic heterocycles. The van der Waals surface area contributed by atoms with E-state index in [0.717, 1.165) is 29.0 Å². The molecule has 1 aliphatic carbocycles. The smallest absolute Gasteiger partial charge is 0.345 e. The number of nitrogens with zero attached hydrogens (tertiary/aromatic N) is 2. The Kier molecular flexibility index (Phi) is 16.1. The van der Waals surface area contributed by atoms with Gasteiger partial charge in [-0.05, 0) is 86.1 Å². The number of carbonyl (C=O) groups excluding carboxylic acids is 1. The molecular formula is C40H60N2O2. The number of aliphatic imine (C=N–C) groups is 1. The van der Waals surface area contributed by atoms with Crippen LogP contribution in [0.5, 0.6) is 0 Å². The molecule has 0 spiro atoms. The molecule has 0 saturated heterocycles. The summed E-state index contributed by atoms with van der Waals surface area (Å²) in [4.78, 5) is 19.8. The first-order chi connectivity index (χ1) is 18.2. The zero-order chi connectivity index (χ0) is 27.1. The standard InChI is InChI=1S/C34H36N2O2.6CH4/c1-20-13-12-14-26-18-30(35-29(26)17-20)32-25(6)31(38-34(32)37)16-11-9-8-10-15-27-19-28-23(4)21(2)22(3)24(5)33(28)36(27)7;;;;;;/h8-17,20H,18-19H2,1-7H3;6*1H4. The third-order valence-electron chi connectivity index (χ3n) is 8.29. The summed E-state index contributed by atoms with van der Waals surface area (Å²) in [6, 6.07) is 0. The summed E-state index contributed by atoms with van der Waals surface area (Å²) in [7, 11) is 2.16. The van der Waals surface area contributed by atoms with Gasteiger partial charge < -0.3 is 9.64 Å². The fourth-order valence-electron chi connectivity index (χ4n) is 5.70. The summed E-state index contributed by atoms with van der Waals surface area (Å²) in [6.07, 6.45) is 22.1. The highest BCUT2D eigenvalue weighted by Crippen LogP contribution is 2.41. The highest BCUT2D eigenvalue weighted by atomic mass is 16.5. The maximum absolute atomic E-state index is 12.7. The Bertz CT molecular complexity index is 1520. The second-order valence-corrected chi connectivity index (χ2v) is 10.6. The number of ether oxygens (including phenoxy) is 1. The van der Waals surface area contributed by atoms with Gasteiger partial charge in [0.25, 0.3) is 0 Å². The fraction of sp³-hybridized carbons (Fsp3) is 0.400. The molecule has 4 heteroatoms. The molecule has 1 aromatic carbocycles. The number of hydrogen-bond acceptors (Lipinski definition) is 4. The zero-order valence-corrected chi connectivity index (χ0v) is 23.5. The molecule has 5 rings (SSSR count). The highest BCUT2D eigenvalue weighted by molar-refractivity contribution is 6.24. The number of anilines is 1. The van der Waals surface area contributed by atoms with Gasteiger partial charge in [-0.2, -0.15) is 0 Å². The van der Waals surface area contributed by atoms with Crippen molar-refractivity contribution in [3.63, 3.8) is 0 Å². The number of rotatable bonds is 4. The second-order valence-electron chi connectivity index (χ2n) is 10.6. The summed E-state index contributed by atoms with van der Waals surface area (Å²) in [6.45, 7) is 13.0. The van der Waals surface area contributed by atoms with Crippen molar-refractivity contribution < 1.29 is 9.53 Å². The van der Waals surface area contributed by atoms with Gasteiger partial charge in [-0.25, -0.2) is 4.79 Å². The number of likely N-dealkylation sites (N-methyl/N-ethyl adjacent to an activating group) is 1. The van der Waals surface area contributed by atoms with Crippen LogP contribution in [0.15, 0.2) is 99.6 Å². The van der Waals surface area contributed by atoms with Crippen molar-refractivity contribution in [1.29, 1.82) is 0 Å². The van der Waals surface area contributed by atoms with Crippen molar-refractivity contribution in [3.8, 4) is 0 Å². The van der Waals surface area contributed by atoms with E-state index in [2.05, 4.69) is 83.0 Å². The van der Waals surface area contributed by atoms with Crippen molar-refractivity contribution in [3.05, 3.63) is 122 Å². The molecule has 0 bridgehead atoms. The maximum Gasteiger partial charge on any atom is 0.345 e. The number of benzene rings is 1. The molecule has 0 amide bonds. The normalized spacial score (nSPS) is 19.9. The van der Waals surface area contributed by atoms with Gasteiger partial charge in [-0.3, -0.25) is 4.99 Å². The molecule has 4 aliphatic rings. The van der Waals surface area contributed by atoms with Crippen LogP contribution in [-0.4, -0.2) is 18.7 Å². The number of cyclic esters (lactones) is 1. The van der Waals surface area contributed by atoms with Crippen molar-refractivity contribution >= 4 is 17.4 Å². The summed E-state index contributed by atoms with van der Waals surface area (Å²) >= 11 is 0. The quantitative estimate of drug-likeness (QED) is 0.255. The first-order valence-corrected chi connectivity index (χ1v) is 13.4. The molecule has 1 aromatic rings. The fourth-order valence-corrected chi connectivity index (χ4v) is 5.70. The predicted molar refractivity (Wildman–Crippen MR) is 198 cm³/mol. The molecule has 0 N–H and O–H groups in total. The first-order valence-electron chi connectivity index (χ1n) is 13.4. The van der Waals surface area contributed by atoms with Gasteiger partial charge in [-0.1, -0.05) is 100 Å². The minimum absolute atomic E-state index is 0. The van der Waals surface area contributed by atoms with E-state index < -0.39 is 0 Å². The average molecular weight is 601 g/mol. The molecule has 4 nitrogen and oxygen atoms in total. The van der Waals surface area contributed by atoms with E-state index in [-0.39, 0.29) is 50.5 Å². The van der Waals surface area contributed by atoms with Gasteiger partial charge in [0.05, 0.1) is 17.0 Å². The molecular weight excluding hydrogens is 540 g/mol. The van der Waals surface area contributed by atoms with Crippen LogP contribution >= 0.6 is 0 Å². The molecule has 242 valence electrons. The van der Waals surface area contributed by atoms with Crippen LogP contribution in [0.3, 0.4) is 0 Å². The van der Waals surface area contributed by atoms with Crippen molar-refractivity contribution in [1.82, 2.24) is 0 Å². The highest BCUT2D eigenvalue weighted by Gasteiger charge is 2.33. The Balaban J connectivity index is 0. The molecule has 3 heterocycles. The Hall–Kier alpha value is -3.92. The molecule has 0 fully saturated rings. The Morgan fingerprint density at radius 3 is 2.11 bits per heavy atom. The SMILES string of the molecule is C.C.C.C.C.C.CC1=C(C2=NC3=CC(C)C=CC=C3C2)C(=O)OC1=CC=CC=CC=C1Cc2c(C)c(C)c(C)c(C)c2N1C. The van der Waals surface area contributed by atoms with E-state index in [1.54, 1.807) is 0 Å². The van der Waals surface area contributed by atoms with Gasteiger partial charge in [0.2, 0.25) is 0 Å². The number of fused-ring (bicyclic) bond motifs is 2. The van der Waals surface area contributed by atoms with Gasteiger partial charge >= 0.3 is 5.97 Å². The third-order valence-corrected chi connectivity index (χ3v) is 8.29. The molecule has 1 unspecified atom stereocenters. The van der Waals surface area contributed by atoms with Crippen LogP contribution < -0.4 is 4.90 Å². The number of carbonyl (C=O) groups is 1. The lowest BCUT2D eigenvalue weighted by Gasteiger charge is -2.20. The van der Waals surface area contributed by atoms with Crippen molar-refractivity contribution in [2.75, 3.05) is 11.9 Å².